The molecule has 0 fully saturated rings. The Balaban J connectivity index is 3.21. The monoisotopic (exact) mass is 468 g/mol. The maximum absolute atomic E-state index is 14.3. The summed E-state index contributed by atoms with van der Waals surface area (Å²) in [5.41, 5.74) is -28.9. The molecule has 2 nitrogen and oxygen atoms in total. The molecule has 2 aliphatic carbocycles. The fourth-order valence-electron chi connectivity index (χ4n) is 2.78. The van der Waals surface area contributed by atoms with E-state index in [4.69, 9.17) is 0 Å². The van der Waals surface area contributed by atoms with Crippen molar-refractivity contribution in [1.29, 1.82) is 0 Å². The minimum atomic E-state index is -7.24. The van der Waals surface area contributed by atoms with Gasteiger partial charge in [-0.15, -0.1) is 0 Å². The van der Waals surface area contributed by atoms with Crippen molar-refractivity contribution in [2.24, 2.45) is 0 Å². The number of hydrogen-bond donors (Lipinski definition) is 0. The first kappa shape index (κ1) is 23.9. The van der Waals surface area contributed by atoms with Crippen LogP contribution in [0.3, 0.4) is 0 Å². The second-order valence-electron chi connectivity index (χ2n) is 5.90. The Morgan fingerprint density at radius 1 is 0.433 bits per heavy atom. The Morgan fingerprint density at radius 3 is 0.800 bits per heavy atom. The van der Waals surface area contributed by atoms with Crippen molar-refractivity contribution in [2.45, 2.75) is 36.0 Å². The maximum Gasteiger partial charge on any atom is 0.435 e. The van der Waals surface area contributed by atoms with Crippen LogP contribution in [0.4, 0.5) is 61.5 Å². The molecule has 0 bridgehead atoms. The molecule has 2 rings (SSSR count). The number of rotatable bonds is 2. The van der Waals surface area contributed by atoms with Gasteiger partial charge in [-0.2, -0.15) is 52.7 Å². The van der Waals surface area contributed by atoms with E-state index in [-0.39, 0.29) is 0 Å². The molecule has 0 heterocycles. The number of fused-ring (bicyclic) bond motifs is 1. The maximum atomic E-state index is 14.3. The van der Waals surface area contributed by atoms with Crippen molar-refractivity contribution in [2.75, 3.05) is 0 Å². The summed E-state index contributed by atoms with van der Waals surface area (Å²) in [6, 6.07) is -1.06. The molecule has 0 aliphatic heterocycles. The van der Waals surface area contributed by atoms with Gasteiger partial charge in [-0.1, -0.05) is 0 Å². The summed E-state index contributed by atoms with van der Waals surface area (Å²) in [6.45, 7) is 0. The van der Waals surface area contributed by atoms with Crippen LogP contribution < -0.4 is 10.9 Å². The highest BCUT2D eigenvalue weighted by Crippen LogP contribution is 2.66. The molecule has 0 aromatic rings. The Morgan fingerprint density at radius 2 is 0.633 bits per heavy atom. The molecule has 30 heavy (non-hydrogen) atoms. The summed E-state index contributed by atoms with van der Waals surface area (Å²) in [6.07, 6.45) is -28.9. The second kappa shape index (κ2) is 6.06. The minimum absolute atomic E-state index is 0.532. The molecule has 0 aromatic heterocycles. The van der Waals surface area contributed by atoms with E-state index in [0.717, 1.165) is 0 Å². The summed E-state index contributed by atoms with van der Waals surface area (Å²) < 4.78 is 184. The van der Waals surface area contributed by atoms with Crippen LogP contribution in [0.25, 0.3) is 11.1 Å². The summed E-state index contributed by atoms with van der Waals surface area (Å²) in [5, 5.41) is 0. The molecule has 0 saturated heterocycles. The number of hydrogen-bond acceptors (Lipinski definition) is 2. The van der Waals surface area contributed by atoms with Gasteiger partial charge in [0.1, 0.15) is 0 Å². The molecule has 0 saturated carbocycles. The van der Waals surface area contributed by atoms with Crippen molar-refractivity contribution in [3.63, 3.8) is 0 Å². The first-order chi connectivity index (χ1) is 13.0. The van der Waals surface area contributed by atoms with E-state index in [0.29, 0.717) is 0 Å². The highest BCUT2D eigenvalue weighted by Gasteiger charge is 2.81. The molecule has 0 spiro atoms. The molecule has 0 atom stereocenters. The SMILES string of the molecule is O=c1cc2c(C(F)(C(F)(F)F)C(F)(F)F)c(C(F)(C(F)(F)F)C(F)(F)F)c-2cc1=O. The van der Waals surface area contributed by atoms with E-state index < -0.39 is 81.3 Å². The lowest BCUT2D eigenvalue weighted by molar-refractivity contribution is -0.360. The van der Waals surface area contributed by atoms with Gasteiger partial charge in [0.15, 0.2) is 0 Å². The summed E-state index contributed by atoms with van der Waals surface area (Å²) in [5.74, 6) is 0. The summed E-state index contributed by atoms with van der Waals surface area (Å²) in [7, 11) is 0. The van der Waals surface area contributed by atoms with Gasteiger partial charge < -0.3 is 0 Å². The molecular weight excluding hydrogens is 466 g/mol. The lowest BCUT2D eigenvalue weighted by Gasteiger charge is -2.42. The van der Waals surface area contributed by atoms with E-state index >= 15 is 0 Å². The van der Waals surface area contributed by atoms with Crippen LogP contribution in [0, 0.1) is 0 Å². The van der Waals surface area contributed by atoms with Crippen LogP contribution >= 0.6 is 0 Å². The van der Waals surface area contributed by atoms with Crippen molar-refractivity contribution in [3.05, 3.63) is 43.7 Å². The largest absolute Gasteiger partial charge is 0.435 e. The molecule has 0 aromatic carbocycles. The number of alkyl halides is 14. The molecule has 16 heteroatoms. The lowest BCUT2D eigenvalue weighted by atomic mass is 9.69. The fraction of sp³-hybridized carbons (Fsp3) is 0.429. The van der Waals surface area contributed by atoms with Gasteiger partial charge in [0.25, 0.3) is 0 Å². The third-order valence-electron chi connectivity index (χ3n) is 4.12. The van der Waals surface area contributed by atoms with Gasteiger partial charge in [-0.05, 0) is 23.3 Å². The van der Waals surface area contributed by atoms with E-state index in [1.807, 2.05) is 0 Å². The van der Waals surface area contributed by atoms with Crippen LogP contribution in [0.5, 0.6) is 0 Å². The zero-order valence-electron chi connectivity index (χ0n) is 13.3. The van der Waals surface area contributed by atoms with Gasteiger partial charge >= 0.3 is 36.0 Å². The van der Waals surface area contributed by atoms with E-state index in [1.165, 1.54) is 0 Å². The first-order valence-corrected chi connectivity index (χ1v) is 6.96. The number of benzene rings is 1. The predicted molar refractivity (Wildman–Crippen MR) is 67.8 cm³/mol. The Hall–Kier alpha value is -2.42. The van der Waals surface area contributed by atoms with Gasteiger partial charge in [0.2, 0.25) is 10.9 Å². The standard InChI is InChI=1S/C14H2F14O2/c15-9(11(17,18)19,12(20,21)22)7-3-1-5(29)6(30)2-4(3)8(7)10(16,13(23,24)25)14(26,27)28/h1-2H. The zero-order chi connectivity index (χ0) is 23.9. The van der Waals surface area contributed by atoms with Crippen LogP contribution in [-0.4, -0.2) is 24.7 Å². The third kappa shape index (κ3) is 2.85. The fourth-order valence-corrected chi connectivity index (χ4v) is 2.78. The molecule has 0 unspecified atom stereocenters. The van der Waals surface area contributed by atoms with Crippen molar-refractivity contribution in [3.8, 4) is 11.1 Å². The molecular formula is C14H2F14O2. The minimum Gasteiger partial charge on any atom is -0.286 e. The van der Waals surface area contributed by atoms with Crippen LogP contribution in [0.1, 0.15) is 11.1 Å². The first-order valence-electron chi connectivity index (χ1n) is 6.96. The Kier molecular flexibility index (Phi) is 4.82. The third-order valence-corrected chi connectivity index (χ3v) is 4.12. The highest BCUT2D eigenvalue weighted by molar-refractivity contribution is 5.85. The van der Waals surface area contributed by atoms with Crippen molar-refractivity contribution in [1.82, 2.24) is 0 Å². The van der Waals surface area contributed by atoms with Crippen LogP contribution in [0.2, 0.25) is 0 Å². The van der Waals surface area contributed by atoms with Crippen molar-refractivity contribution >= 4 is 0 Å². The van der Waals surface area contributed by atoms with Gasteiger partial charge in [-0.3, -0.25) is 9.59 Å². The Bertz CT molecular complexity index is 902. The van der Waals surface area contributed by atoms with Crippen molar-refractivity contribution < 1.29 is 61.5 Å². The van der Waals surface area contributed by atoms with Crippen LogP contribution in [-0.2, 0) is 11.3 Å². The quantitative estimate of drug-likeness (QED) is 0.461. The molecule has 168 valence electrons. The van der Waals surface area contributed by atoms with E-state index in [2.05, 4.69) is 0 Å². The lowest BCUT2D eigenvalue weighted by Crippen LogP contribution is -2.58. The van der Waals surface area contributed by atoms with Gasteiger partial charge in [-0.25, -0.2) is 8.78 Å². The van der Waals surface area contributed by atoms with E-state index in [9.17, 15) is 71.1 Å². The number of halogens is 14. The molecule has 0 amide bonds. The average molecular weight is 468 g/mol. The molecule has 0 N–H and O–H groups in total. The molecule has 2 aliphatic rings. The van der Waals surface area contributed by atoms with E-state index in [1.54, 1.807) is 0 Å². The Labute approximate surface area is 153 Å². The normalized spacial score (nSPS) is 15.3. The molecule has 0 radical (unpaired) electrons. The topological polar surface area (TPSA) is 34.1 Å². The average Bonchev–Trinajstić information content (AvgIpc) is 2.48. The smallest absolute Gasteiger partial charge is 0.286 e. The van der Waals surface area contributed by atoms with Gasteiger partial charge in [0, 0.05) is 11.1 Å². The van der Waals surface area contributed by atoms with Gasteiger partial charge in [0.05, 0.1) is 0 Å². The second-order valence-corrected chi connectivity index (χ2v) is 5.90. The summed E-state index contributed by atoms with van der Waals surface area (Å²) in [4.78, 5) is 22.4. The highest BCUT2D eigenvalue weighted by atomic mass is 19.4. The predicted octanol–water partition coefficient (Wildman–Crippen LogP) is 4.97. The van der Waals surface area contributed by atoms with Crippen LogP contribution in [0.15, 0.2) is 21.7 Å². The summed E-state index contributed by atoms with van der Waals surface area (Å²) >= 11 is 0. The zero-order valence-corrected chi connectivity index (χ0v) is 13.3.